The monoisotopic (exact) mass is 505 g/mol. The summed E-state index contributed by atoms with van der Waals surface area (Å²) in [6, 6.07) is 14.2. The highest BCUT2D eigenvalue weighted by Gasteiger charge is 2.26. The van der Waals surface area contributed by atoms with Crippen molar-refractivity contribution in [1.29, 1.82) is 0 Å². The highest BCUT2D eigenvalue weighted by atomic mass is 32.2. The highest BCUT2D eigenvalue weighted by Crippen LogP contribution is 2.19. The fourth-order valence-corrected chi connectivity index (χ4v) is 4.61. The molecule has 0 aliphatic heterocycles. The molecule has 9 heteroatoms. The fourth-order valence-electron chi connectivity index (χ4n) is 3.65. The Morgan fingerprint density at radius 3 is 2.20 bits per heavy atom. The van der Waals surface area contributed by atoms with Crippen LogP contribution in [0.1, 0.15) is 45.6 Å². The Balaban J connectivity index is 2.10. The molecule has 0 aromatic heterocycles. The van der Waals surface area contributed by atoms with Gasteiger partial charge in [-0.15, -0.1) is 0 Å². The fraction of sp³-hybridized carbons (Fsp3) is 0.462. The molecule has 0 spiro atoms. The molecule has 0 bridgehead atoms. The maximum Gasteiger partial charge on any atom is 0.242 e. The summed E-state index contributed by atoms with van der Waals surface area (Å²) in [7, 11) is -3.62. The van der Waals surface area contributed by atoms with Crippen molar-refractivity contribution in [1.82, 2.24) is 10.2 Å². The van der Waals surface area contributed by atoms with Crippen LogP contribution in [0.4, 0.5) is 10.1 Å². The van der Waals surface area contributed by atoms with E-state index in [1.807, 2.05) is 44.2 Å². The summed E-state index contributed by atoms with van der Waals surface area (Å²) in [6.07, 6.45) is 2.78. The second kappa shape index (κ2) is 13.2. The normalized spacial score (nSPS) is 13.1. The van der Waals surface area contributed by atoms with Crippen LogP contribution >= 0.6 is 0 Å². The van der Waals surface area contributed by atoms with Gasteiger partial charge in [-0.3, -0.25) is 13.9 Å². The first-order valence-electron chi connectivity index (χ1n) is 11.9. The van der Waals surface area contributed by atoms with E-state index in [0.717, 1.165) is 22.5 Å². The highest BCUT2D eigenvalue weighted by molar-refractivity contribution is 7.92. The van der Waals surface area contributed by atoms with Gasteiger partial charge in [0.15, 0.2) is 0 Å². The number of carbonyl (C=O) groups excluding carboxylic acids is 2. The van der Waals surface area contributed by atoms with E-state index in [1.54, 1.807) is 11.8 Å². The Hall–Kier alpha value is -2.94. The number of carbonyl (C=O) groups is 2. The number of hydrogen-bond acceptors (Lipinski definition) is 4. The third-order valence-electron chi connectivity index (χ3n) is 5.92. The quantitative estimate of drug-likeness (QED) is 0.449. The van der Waals surface area contributed by atoms with Gasteiger partial charge in [0.2, 0.25) is 21.8 Å². The molecule has 0 unspecified atom stereocenters. The van der Waals surface area contributed by atoms with E-state index in [2.05, 4.69) is 5.32 Å². The molecule has 0 saturated carbocycles. The number of halogens is 1. The summed E-state index contributed by atoms with van der Waals surface area (Å²) < 4.78 is 39.0. The molecular formula is C26H36FN3O4S. The van der Waals surface area contributed by atoms with Gasteiger partial charge in [0.1, 0.15) is 11.9 Å². The lowest BCUT2D eigenvalue weighted by molar-refractivity contribution is -0.140. The van der Waals surface area contributed by atoms with Crippen molar-refractivity contribution in [3.05, 3.63) is 66.0 Å². The lowest BCUT2D eigenvalue weighted by Gasteiger charge is -2.30. The SMILES string of the molecule is CC[C@H](C)NC(=O)[C@@H](C)N(CCc1ccccc1)C(=O)CCCN(c1ccc(F)cc1)S(C)(=O)=O. The third kappa shape index (κ3) is 8.98. The maximum absolute atomic E-state index is 13.3. The van der Waals surface area contributed by atoms with Crippen LogP contribution in [0, 0.1) is 5.82 Å². The van der Waals surface area contributed by atoms with E-state index in [0.29, 0.717) is 18.7 Å². The van der Waals surface area contributed by atoms with Crippen LogP contribution in [0.2, 0.25) is 0 Å². The maximum atomic E-state index is 13.3. The predicted molar refractivity (Wildman–Crippen MR) is 137 cm³/mol. The lowest BCUT2D eigenvalue weighted by atomic mass is 10.1. The predicted octanol–water partition coefficient (Wildman–Crippen LogP) is 3.75. The summed E-state index contributed by atoms with van der Waals surface area (Å²) >= 11 is 0. The molecule has 35 heavy (non-hydrogen) atoms. The molecule has 1 N–H and O–H groups in total. The van der Waals surface area contributed by atoms with Crippen LogP contribution in [0.5, 0.6) is 0 Å². The first-order valence-corrected chi connectivity index (χ1v) is 13.7. The number of anilines is 1. The van der Waals surface area contributed by atoms with Crippen molar-refractivity contribution in [2.24, 2.45) is 0 Å². The molecule has 2 atom stereocenters. The average molecular weight is 506 g/mol. The molecule has 0 aliphatic rings. The zero-order valence-corrected chi connectivity index (χ0v) is 21.7. The Kier molecular flexibility index (Phi) is 10.7. The molecule has 2 aromatic rings. The zero-order chi connectivity index (χ0) is 26.0. The number of nitrogens with zero attached hydrogens (tertiary/aromatic N) is 2. The van der Waals surface area contributed by atoms with Gasteiger partial charge in [0.05, 0.1) is 11.9 Å². The van der Waals surface area contributed by atoms with Crippen LogP contribution in [0.15, 0.2) is 54.6 Å². The molecule has 0 fully saturated rings. The number of nitrogens with one attached hydrogen (secondary N) is 1. The van der Waals surface area contributed by atoms with E-state index in [9.17, 15) is 22.4 Å². The molecule has 0 saturated heterocycles. The van der Waals surface area contributed by atoms with Gasteiger partial charge in [0.25, 0.3) is 0 Å². The van der Waals surface area contributed by atoms with E-state index in [-0.39, 0.29) is 37.2 Å². The number of hydrogen-bond donors (Lipinski definition) is 1. The van der Waals surface area contributed by atoms with E-state index >= 15 is 0 Å². The largest absolute Gasteiger partial charge is 0.352 e. The minimum absolute atomic E-state index is 0.00458. The Morgan fingerprint density at radius 2 is 1.63 bits per heavy atom. The smallest absolute Gasteiger partial charge is 0.242 e. The summed E-state index contributed by atoms with van der Waals surface area (Å²) in [4.78, 5) is 27.5. The first kappa shape index (κ1) is 28.3. The molecule has 7 nitrogen and oxygen atoms in total. The van der Waals surface area contributed by atoms with Gasteiger partial charge in [-0.05, 0) is 62.9 Å². The Labute approximate surface area is 208 Å². The Bertz CT molecular complexity index is 1060. The van der Waals surface area contributed by atoms with Crippen LogP contribution in [-0.4, -0.2) is 56.6 Å². The molecule has 0 aliphatic carbocycles. The molecule has 0 radical (unpaired) electrons. The topological polar surface area (TPSA) is 86.8 Å². The number of benzene rings is 2. The van der Waals surface area contributed by atoms with Gasteiger partial charge < -0.3 is 10.2 Å². The van der Waals surface area contributed by atoms with Crippen LogP contribution < -0.4 is 9.62 Å². The first-order chi connectivity index (χ1) is 16.5. The second-order valence-electron chi connectivity index (χ2n) is 8.73. The number of amides is 2. The molecule has 2 amide bonds. The van der Waals surface area contributed by atoms with E-state index in [4.69, 9.17) is 0 Å². The van der Waals surface area contributed by atoms with Gasteiger partial charge in [0, 0.05) is 25.6 Å². The Morgan fingerprint density at radius 1 is 1.00 bits per heavy atom. The number of sulfonamides is 1. The van der Waals surface area contributed by atoms with Gasteiger partial charge in [-0.25, -0.2) is 12.8 Å². The molecular weight excluding hydrogens is 469 g/mol. The van der Waals surface area contributed by atoms with E-state index < -0.39 is 21.9 Å². The van der Waals surface area contributed by atoms with Crippen molar-refractivity contribution in [3.8, 4) is 0 Å². The minimum Gasteiger partial charge on any atom is -0.352 e. The summed E-state index contributed by atoms with van der Waals surface area (Å²) in [5.74, 6) is -0.902. The van der Waals surface area contributed by atoms with Crippen molar-refractivity contribution in [3.63, 3.8) is 0 Å². The summed E-state index contributed by atoms with van der Waals surface area (Å²) in [6.45, 7) is 6.03. The second-order valence-corrected chi connectivity index (χ2v) is 10.6. The summed E-state index contributed by atoms with van der Waals surface area (Å²) in [5.41, 5.74) is 1.39. The zero-order valence-electron chi connectivity index (χ0n) is 20.9. The van der Waals surface area contributed by atoms with Gasteiger partial charge in [-0.1, -0.05) is 37.3 Å². The lowest BCUT2D eigenvalue weighted by Crippen LogP contribution is -2.50. The van der Waals surface area contributed by atoms with Gasteiger partial charge in [-0.2, -0.15) is 0 Å². The van der Waals surface area contributed by atoms with Crippen molar-refractivity contribution >= 4 is 27.5 Å². The van der Waals surface area contributed by atoms with Crippen molar-refractivity contribution in [2.75, 3.05) is 23.7 Å². The van der Waals surface area contributed by atoms with Gasteiger partial charge >= 0.3 is 0 Å². The van der Waals surface area contributed by atoms with Crippen molar-refractivity contribution < 1.29 is 22.4 Å². The van der Waals surface area contributed by atoms with Crippen LogP contribution in [0.25, 0.3) is 0 Å². The van der Waals surface area contributed by atoms with E-state index in [1.165, 1.54) is 24.3 Å². The van der Waals surface area contributed by atoms with Crippen LogP contribution in [-0.2, 0) is 26.0 Å². The molecule has 2 aromatic carbocycles. The summed E-state index contributed by atoms with van der Waals surface area (Å²) in [5, 5.41) is 2.93. The molecule has 0 heterocycles. The number of rotatable bonds is 13. The molecule has 192 valence electrons. The molecule has 2 rings (SSSR count). The standard InChI is InChI=1S/C26H36FN3O4S/c1-5-20(2)28-26(32)21(3)29(19-17-22-10-7-6-8-11-22)25(31)12-9-18-30(35(4,33)34)24-15-13-23(27)14-16-24/h6-8,10-11,13-16,20-21H,5,9,12,17-19H2,1-4H3,(H,28,32)/t20-,21+/m0/s1. The third-order valence-corrected chi connectivity index (χ3v) is 7.11. The minimum atomic E-state index is -3.62. The average Bonchev–Trinajstić information content (AvgIpc) is 2.82. The van der Waals surface area contributed by atoms with Crippen LogP contribution in [0.3, 0.4) is 0 Å². The van der Waals surface area contributed by atoms with Crippen molar-refractivity contribution in [2.45, 2.75) is 58.5 Å².